The highest BCUT2D eigenvalue weighted by molar-refractivity contribution is 5.72. The maximum Gasteiger partial charge on any atom is 0.496 e. The minimum atomic E-state index is -1.32. The molecule has 0 unspecified atom stereocenters. The van der Waals surface area contributed by atoms with Crippen LogP contribution in [0.4, 0.5) is 0 Å². The van der Waals surface area contributed by atoms with Gasteiger partial charge in [0.25, 0.3) is 0 Å². The monoisotopic (exact) mass is 356 g/mol. The van der Waals surface area contributed by atoms with E-state index in [1.807, 2.05) is 0 Å². The lowest BCUT2D eigenvalue weighted by Crippen LogP contribution is -2.41. The van der Waals surface area contributed by atoms with Crippen molar-refractivity contribution in [1.29, 1.82) is 0 Å². The van der Waals surface area contributed by atoms with Crippen LogP contribution < -0.4 is 0 Å². The molecule has 0 heterocycles. The van der Waals surface area contributed by atoms with Crippen LogP contribution in [-0.4, -0.2) is 30.8 Å². The second kappa shape index (κ2) is 10.3. The first-order chi connectivity index (χ1) is 12.4. The number of allylic oxidation sites excluding steroid dienone is 1. The molecule has 138 valence electrons. The van der Waals surface area contributed by atoms with Crippen LogP contribution in [0, 0.1) is 42.7 Å². The van der Waals surface area contributed by atoms with Gasteiger partial charge in [-0.2, -0.15) is 0 Å². The summed E-state index contributed by atoms with van der Waals surface area (Å²) in [5, 5.41) is 0. The van der Waals surface area contributed by atoms with Gasteiger partial charge in [-0.25, -0.2) is 22.8 Å². The van der Waals surface area contributed by atoms with Gasteiger partial charge in [-0.3, -0.25) is 9.59 Å². The molecule has 0 saturated heterocycles. The fourth-order valence-electron chi connectivity index (χ4n) is 3.30. The lowest BCUT2D eigenvalue weighted by atomic mass is 9.68. The average Bonchev–Trinajstić information content (AvgIpc) is 2.64. The molecular weight excluding hydrogens is 332 g/mol. The molecule has 0 N–H and O–H groups in total. The number of ether oxygens (including phenoxy) is 2. The van der Waals surface area contributed by atoms with E-state index in [0.717, 1.165) is 0 Å². The molecule has 0 aromatic rings. The van der Waals surface area contributed by atoms with E-state index in [2.05, 4.69) is 28.1 Å². The normalized spacial score (nSPS) is 21.9. The van der Waals surface area contributed by atoms with E-state index in [-0.39, 0.29) is 36.8 Å². The van der Waals surface area contributed by atoms with E-state index in [1.165, 1.54) is 6.92 Å². The summed E-state index contributed by atoms with van der Waals surface area (Å²) in [6.45, 7) is 22.4. The first-order valence-corrected chi connectivity index (χ1v) is 8.59. The molecule has 0 bridgehead atoms. The molecule has 6 nitrogen and oxygen atoms in total. The van der Waals surface area contributed by atoms with E-state index in [1.54, 1.807) is 13.0 Å². The molecule has 0 radical (unpaired) electrons. The molecule has 1 aliphatic carbocycles. The van der Waals surface area contributed by atoms with Crippen LogP contribution in [0.5, 0.6) is 0 Å². The molecule has 0 aromatic heterocycles. The molecule has 0 spiro atoms. The molecule has 1 saturated carbocycles. The van der Waals surface area contributed by atoms with Crippen molar-refractivity contribution in [3.05, 3.63) is 35.5 Å². The van der Waals surface area contributed by atoms with Crippen LogP contribution in [0.15, 0.2) is 12.7 Å². The quantitative estimate of drug-likeness (QED) is 0.317. The Labute approximate surface area is 155 Å². The van der Waals surface area contributed by atoms with Crippen LogP contribution in [-0.2, 0) is 19.1 Å². The maximum absolute atomic E-state index is 12.0. The van der Waals surface area contributed by atoms with Crippen molar-refractivity contribution in [2.45, 2.75) is 45.2 Å². The third-order valence-electron chi connectivity index (χ3n) is 4.62. The predicted molar refractivity (Wildman–Crippen MR) is 96.1 cm³/mol. The zero-order valence-corrected chi connectivity index (χ0v) is 15.3. The van der Waals surface area contributed by atoms with Crippen molar-refractivity contribution in [3.63, 3.8) is 0 Å². The summed E-state index contributed by atoms with van der Waals surface area (Å²) in [6, 6.07) is 0. The highest BCUT2D eigenvalue weighted by Crippen LogP contribution is 2.45. The Balaban J connectivity index is 2.90. The topological polar surface area (TPSA) is 61.3 Å². The molecule has 6 heteroatoms. The van der Waals surface area contributed by atoms with Gasteiger partial charge < -0.3 is 9.47 Å². The van der Waals surface area contributed by atoms with Gasteiger partial charge >= 0.3 is 17.6 Å². The molecule has 0 aromatic carbocycles. The average molecular weight is 356 g/mol. The SMILES string of the molecule is [C-]#[N+]C(CC#CCOC(C)=O)([N+]#[C-])[C@H]1CC[C@H](C(=O)OCC)C[C@@H]1C=C. The minimum Gasteiger partial charge on any atom is -0.466 e. The first-order valence-electron chi connectivity index (χ1n) is 8.59. The third-order valence-corrected chi connectivity index (χ3v) is 4.62. The summed E-state index contributed by atoms with van der Waals surface area (Å²) in [6.07, 6.45) is 3.48. The lowest BCUT2D eigenvalue weighted by molar-refractivity contribution is -0.150. The number of hydrogen-bond donors (Lipinski definition) is 0. The number of nitrogens with zero attached hydrogens (tertiary/aromatic N) is 2. The molecule has 1 rings (SSSR count). The number of carbonyl (C=O) groups excluding carboxylic acids is 2. The zero-order valence-electron chi connectivity index (χ0n) is 15.3. The van der Waals surface area contributed by atoms with Gasteiger partial charge in [0.1, 0.15) is 5.92 Å². The summed E-state index contributed by atoms with van der Waals surface area (Å²) in [5.41, 5.74) is -1.32. The lowest BCUT2D eigenvalue weighted by Gasteiger charge is -2.33. The maximum atomic E-state index is 12.0. The van der Waals surface area contributed by atoms with E-state index < -0.39 is 11.6 Å². The van der Waals surface area contributed by atoms with E-state index in [9.17, 15) is 9.59 Å². The summed E-state index contributed by atoms with van der Waals surface area (Å²) in [5.74, 6) is 4.22. The predicted octanol–water partition coefficient (Wildman–Crippen LogP) is 3.26. The van der Waals surface area contributed by atoms with Crippen LogP contribution >= 0.6 is 0 Å². The minimum absolute atomic E-state index is 0.0537. The van der Waals surface area contributed by atoms with Crippen molar-refractivity contribution >= 4 is 11.9 Å². The van der Waals surface area contributed by atoms with Gasteiger partial charge in [-0.05, 0) is 32.1 Å². The Morgan fingerprint density at radius 1 is 1.27 bits per heavy atom. The van der Waals surface area contributed by atoms with Crippen molar-refractivity contribution in [2.24, 2.45) is 17.8 Å². The third kappa shape index (κ3) is 5.36. The van der Waals surface area contributed by atoms with Gasteiger partial charge in [-0.1, -0.05) is 17.9 Å². The highest BCUT2D eigenvalue weighted by atomic mass is 16.5. The standard InChI is InChI=1S/C20H24N2O4/c1-6-16-14-17(19(24)25-7-2)10-11-18(16)20(21-4,22-5)12-8-9-13-26-15(3)23/h6,16-18H,1,7,10-14H2,2-3H3/t16-,17-,18-/m0/s1. The largest absolute Gasteiger partial charge is 0.496 e. The smallest absolute Gasteiger partial charge is 0.466 e. The Hall–Kier alpha value is -2.78. The highest BCUT2D eigenvalue weighted by Gasteiger charge is 2.56. The van der Waals surface area contributed by atoms with E-state index in [4.69, 9.17) is 22.6 Å². The van der Waals surface area contributed by atoms with Gasteiger partial charge in [0.2, 0.25) is 0 Å². The fourth-order valence-corrected chi connectivity index (χ4v) is 3.30. The number of rotatable bonds is 6. The van der Waals surface area contributed by atoms with Crippen LogP contribution in [0.25, 0.3) is 9.69 Å². The van der Waals surface area contributed by atoms with Crippen molar-refractivity contribution < 1.29 is 19.1 Å². The van der Waals surface area contributed by atoms with Gasteiger partial charge in [-0.15, -0.1) is 6.58 Å². The van der Waals surface area contributed by atoms with Gasteiger partial charge in [0.05, 0.1) is 12.5 Å². The Morgan fingerprint density at radius 3 is 2.50 bits per heavy atom. The van der Waals surface area contributed by atoms with Crippen LogP contribution in [0.2, 0.25) is 0 Å². The fraction of sp³-hybridized carbons (Fsp3) is 0.600. The van der Waals surface area contributed by atoms with Crippen molar-refractivity contribution in [1.82, 2.24) is 0 Å². The molecular formula is C20H24N2O4. The molecule has 26 heavy (non-hydrogen) atoms. The molecule has 1 fully saturated rings. The zero-order chi connectivity index (χ0) is 19.6. The van der Waals surface area contributed by atoms with Crippen molar-refractivity contribution in [3.8, 4) is 11.8 Å². The molecule has 3 atom stereocenters. The summed E-state index contributed by atoms with van der Waals surface area (Å²) in [7, 11) is 0. The first kappa shape index (κ1) is 21.3. The van der Waals surface area contributed by atoms with Gasteiger partial charge in [0.15, 0.2) is 13.0 Å². The van der Waals surface area contributed by atoms with Gasteiger partial charge in [0, 0.05) is 6.92 Å². The second-order valence-corrected chi connectivity index (χ2v) is 6.18. The number of esters is 2. The molecule has 0 aliphatic heterocycles. The van der Waals surface area contributed by atoms with Crippen LogP contribution in [0.1, 0.15) is 39.5 Å². The molecule has 1 aliphatic rings. The second-order valence-electron chi connectivity index (χ2n) is 6.18. The molecule has 0 amide bonds. The Morgan fingerprint density at radius 2 is 1.96 bits per heavy atom. The van der Waals surface area contributed by atoms with E-state index in [0.29, 0.717) is 25.9 Å². The number of hydrogen-bond acceptors (Lipinski definition) is 4. The Bertz CT molecular complexity index is 661. The van der Waals surface area contributed by atoms with Crippen molar-refractivity contribution in [2.75, 3.05) is 13.2 Å². The summed E-state index contributed by atoms with van der Waals surface area (Å²) in [4.78, 5) is 30.0. The van der Waals surface area contributed by atoms with Crippen LogP contribution in [0.3, 0.4) is 0 Å². The summed E-state index contributed by atoms with van der Waals surface area (Å²) < 4.78 is 9.84. The summed E-state index contributed by atoms with van der Waals surface area (Å²) >= 11 is 0. The number of carbonyl (C=O) groups is 2. The Kier molecular flexibility index (Phi) is 8.40. The van der Waals surface area contributed by atoms with E-state index >= 15 is 0 Å².